The van der Waals surface area contributed by atoms with Crippen molar-refractivity contribution in [1.29, 1.82) is 0 Å². The summed E-state index contributed by atoms with van der Waals surface area (Å²) in [6, 6.07) is 15.9. The van der Waals surface area contributed by atoms with E-state index >= 15 is 0 Å². The van der Waals surface area contributed by atoms with Gasteiger partial charge in [-0.05, 0) is 30.5 Å². The van der Waals surface area contributed by atoms with Crippen LogP contribution in [0.15, 0.2) is 53.6 Å². The number of nitrogens with zero attached hydrogens (tertiary/aromatic N) is 3. The molecule has 0 heterocycles. The summed E-state index contributed by atoms with van der Waals surface area (Å²) in [7, 11) is 0. The summed E-state index contributed by atoms with van der Waals surface area (Å²) in [5.74, 6) is 0. The lowest BCUT2D eigenvalue weighted by molar-refractivity contribution is 0.858. The van der Waals surface area contributed by atoms with Crippen molar-refractivity contribution in [3.8, 4) is 0 Å². The molecule has 0 atom stereocenters. The third kappa shape index (κ3) is 2.70. The minimum Gasteiger partial charge on any atom is -0.0812 e. The molecule has 0 aliphatic heterocycles. The van der Waals surface area contributed by atoms with E-state index in [1.807, 2.05) is 62.4 Å². The van der Waals surface area contributed by atoms with E-state index in [2.05, 4.69) is 10.0 Å². The van der Waals surface area contributed by atoms with Crippen LogP contribution in [0.4, 0.5) is 0 Å². The first kappa shape index (κ1) is 12.2. The zero-order chi connectivity index (χ0) is 13.0. The molecule has 0 aliphatic carbocycles. The summed E-state index contributed by atoms with van der Waals surface area (Å²) < 4.78 is 0. The van der Waals surface area contributed by atoms with Gasteiger partial charge in [-0.15, -0.1) is 0 Å². The Hall–Kier alpha value is -2.25. The summed E-state index contributed by atoms with van der Waals surface area (Å²) in [6.45, 7) is 4.08. The second-order valence-corrected chi connectivity index (χ2v) is 4.43. The molecule has 90 valence electrons. The Balaban J connectivity index is 2.42. The molecular weight excluding hydrogens is 222 g/mol. The van der Waals surface area contributed by atoms with Crippen LogP contribution in [-0.4, -0.2) is 0 Å². The number of hydrogen-bond donors (Lipinski definition) is 0. The fourth-order valence-corrected chi connectivity index (χ4v) is 1.87. The Kier molecular flexibility index (Phi) is 3.66. The van der Waals surface area contributed by atoms with Crippen LogP contribution in [-0.2, 0) is 0 Å². The molecule has 0 N–H and O–H groups in total. The van der Waals surface area contributed by atoms with Gasteiger partial charge >= 0.3 is 0 Å². The molecule has 0 aliphatic rings. The van der Waals surface area contributed by atoms with Gasteiger partial charge in [-0.2, -0.15) is 0 Å². The van der Waals surface area contributed by atoms with Gasteiger partial charge < -0.3 is 0 Å². The molecule has 0 saturated carbocycles. The summed E-state index contributed by atoms with van der Waals surface area (Å²) in [6.07, 6.45) is 0. The van der Waals surface area contributed by atoms with Crippen LogP contribution >= 0.6 is 0 Å². The standard InChI is InChI=1S/C15H15N3/c1-11-3-7-13(8-4-11)15(17-18-16)14-9-5-12(2)6-10-14/h3-10,15H,1-2H3. The molecule has 2 aromatic rings. The van der Waals surface area contributed by atoms with E-state index in [0.29, 0.717) is 0 Å². The molecule has 0 spiro atoms. The zero-order valence-corrected chi connectivity index (χ0v) is 10.5. The highest BCUT2D eigenvalue weighted by Gasteiger charge is 2.11. The van der Waals surface area contributed by atoms with Gasteiger partial charge in [0.15, 0.2) is 0 Å². The number of aryl methyl sites for hydroxylation is 2. The second kappa shape index (κ2) is 5.39. The fourth-order valence-electron chi connectivity index (χ4n) is 1.87. The van der Waals surface area contributed by atoms with Crippen LogP contribution in [0.5, 0.6) is 0 Å². The van der Waals surface area contributed by atoms with Crippen molar-refractivity contribution in [1.82, 2.24) is 0 Å². The highest BCUT2D eigenvalue weighted by Crippen LogP contribution is 2.26. The molecule has 2 rings (SSSR count). The molecule has 3 nitrogen and oxygen atoms in total. The topological polar surface area (TPSA) is 48.8 Å². The van der Waals surface area contributed by atoms with Crippen molar-refractivity contribution in [2.24, 2.45) is 5.11 Å². The maximum absolute atomic E-state index is 8.73. The highest BCUT2D eigenvalue weighted by atomic mass is 15.1. The Morgan fingerprint density at radius 3 is 1.56 bits per heavy atom. The van der Waals surface area contributed by atoms with E-state index in [9.17, 15) is 0 Å². The van der Waals surface area contributed by atoms with Crippen molar-refractivity contribution < 1.29 is 0 Å². The summed E-state index contributed by atoms with van der Waals surface area (Å²) in [5, 5.41) is 3.90. The van der Waals surface area contributed by atoms with E-state index in [1.54, 1.807) is 0 Å². The van der Waals surface area contributed by atoms with E-state index in [0.717, 1.165) is 11.1 Å². The normalized spacial score (nSPS) is 10.2. The first-order valence-electron chi connectivity index (χ1n) is 5.88. The van der Waals surface area contributed by atoms with Gasteiger partial charge in [0.1, 0.15) is 0 Å². The van der Waals surface area contributed by atoms with Gasteiger partial charge in [0.2, 0.25) is 0 Å². The quantitative estimate of drug-likeness (QED) is 0.422. The molecule has 0 bridgehead atoms. The smallest absolute Gasteiger partial charge is 0.0812 e. The molecule has 18 heavy (non-hydrogen) atoms. The van der Waals surface area contributed by atoms with Crippen LogP contribution in [0.3, 0.4) is 0 Å². The monoisotopic (exact) mass is 237 g/mol. The highest BCUT2D eigenvalue weighted by molar-refractivity contribution is 5.34. The van der Waals surface area contributed by atoms with Crippen molar-refractivity contribution in [2.75, 3.05) is 0 Å². The van der Waals surface area contributed by atoms with Gasteiger partial charge in [0.05, 0.1) is 6.04 Å². The zero-order valence-electron chi connectivity index (χ0n) is 10.5. The van der Waals surface area contributed by atoms with E-state index < -0.39 is 0 Å². The van der Waals surface area contributed by atoms with Crippen molar-refractivity contribution in [3.63, 3.8) is 0 Å². The SMILES string of the molecule is Cc1ccc(C(N=[N+]=[N-])c2ccc(C)cc2)cc1. The van der Waals surface area contributed by atoms with Crippen molar-refractivity contribution in [3.05, 3.63) is 81.2 Å². The lowest BCUT2D eigenvalue weighted by atomic mass is 9.98. The first-order valence-corrected chi connectivity index (χ1v) is 5.88. The van der Waals surface area contributed by atoms with Crippen molar-refractivity contribution in [2.45, 2.75) is 19.9 Å². The van der Waals surface area contributed by atoms with E-state index in [4.69, 9.17) is 5.53 Å². The number of benzene rings is 2. The predicted octanol–water partition coefficient (Wildman–Crippen LogP) is 4.70. The average molecular weight is 237 g/mol. The number of hydrogen-bond acceptors (Lipinski definition) is 1. The summed E-state index contributed by atoms with van der Waals surface area (Å²) >= 11 is 0. The van der Waals surface area contributed by atoms with Crippen LogP contribution < -0.4 is 0 Å². The lowest BCUT2D eigenvalue weighted by Crippen LogP contribution is -1.97. The Morgan fingerprint density at radius 2 is 1.22 bits per heavy atom. The maximum atomic E-state index is 8.73. The lowest BCUT2D eigenvalue weighted by Gasteiger charge is -2.12. The summed E-state index contributed by atoms with van der Waals surface area (Å²) in [4.78, 5) is 2.96. The van der Waals surface area contributed by atoms with Crippen LogP contribution in [0, 0.1) is 13.8 Å². The average Bonchev–Trinajstić information content (AvgIpc) is 2.39. The summed E-state index contributed by atoms with van der Waals surface area (Å²) in [5.41, 5.74) is 13.2. The molecule has 3 heteroatoms. The Morgan fingerprint density at radius 1 is 0.833 bits per heavy atom. The van der Waals surface area contributed by atoms with Crippen molar-refractivity contribution >= 4 is 0 Å². The van der Waals surface area contributed by atoms with Crippen LogP contribution in [0.25, 0.3) is 10.4 Å². The molecule has 2 aromatic carbocycles. The van der Waals surface area contributed by atoms with Crippen LogP contribution in [0.1, 0.15) is 28.3 Å². The van der Waals surface area contributed by atoms with Gasteiger partial charge in [-0.1, -0.05) is 64.8 Å². The van der Waals surface area contributed by atoms with Gasteiger partial charge in [-0.25, -0.2) is 0 Å². The third-order valence-electron chi connectivity index (χ3n) is 2.95. The Labute approximate surface area is 107 Å². The molecule has 0 radical (unpaired) electrons. The third-order valence-corrected chi connectivity index (χ3v) is 2.95. The minimum atomic E-state index is -0.254. The minimum absolute atomic E-state index is 0.254. The van der Waals surface area contributed by atoms with E-state index in [-0.39, 0.29) is 6.04 Å². The largest absolute Gasteiger partial charge is 0.0876 e. The van der Waals surface area contributed by atoms with Gasteiger partial charge in [0, 0.05) is 4.91 Å². The predicted molar refractivity (Wildman–Crippen MR) is 73.3 cm³/mol. The molecule has 0 amide bonds. The molecule has 0 saturated heterocycles. The second-order valence-electron chi connectivity index (χ2n) is 4.43. The number of rotatable bonds is 3. The molecule has 0 aromatic heterocycles. The number of azide groups is 1. The maximum Gasteiger partial charge on any atom is 0.0876 e. The molecule has 0 fully saturated rings. The first-order chi connectivity index (χ1) is 8.70. The van der Waals surface area contributed by atoms with Gasteiger partial charge in [0.25, 0.3) is 0 Å². The molecule has 0 unspecified atom stereocenters. The van der Waals surface area contributed by atoms with E-state index in [1.165, 1.54) is 11.1 Å². The fraction of sp³-hybridized carbons (Fsp3) is 0.200. The Bertz CT molecular complexity index is 518. The van der Waals surface area contributed by atoms with Crippen LogP contribution in [0.2, 0.25) is 0 Å². The molecular formula is C15H15N3. The van der Waals surface area contributed by atoms with Gasteiger partial charge in [-0.3, -0.25) is 0 Å².